The zero-order valence-corrected chi connectivity index (χ0v) is 23.5. The summed E-state index contributed by atoms with van der Waals surface area (Å²) in [4.78, 5) is 23.1. The lowest BCUT2D eigenvalue weighted by Gasteiger charge is -2.33. The Morgan fingerprint density at radius 3 is 2.46 bits per heavy atom. The van der Waals surface area contributed by atoms with Crippen LogP contribution in [0.4, 0.5) is 18.9 Å². The molecule has 0 saturated carbocycles. The molecule has 11 heteroatoms. The summed E-state index contributed by atoms with van der Waals surface area (Å²) in [7, 11) is 0. The summed E-state index contributed by atoms with van der Waals surface area (Å²) in [5.74, 6) is -0.619. The number of rotatable bonds is 8. The maximum atomic E-state index is 13.6. The summed E-state index contributed by atoms with van der Waals surface area (Å²) in [5.41, 5.74) is 8.18. The number of nitrogens with zero attached hydrogens (tertiary/aromatic N) is 3. The lowest BCUT2D eigenvalue weighted by molar-refractivity contribution is -0.137. The van der Waals surface area contributed by atoms with Gasteiger partial charge in [-0.05, 0) is 78.9 Å². The van der Waals surface area contributed by atoms with Gasteiger partial charge in [-0.3, -0.25) is 14.7 Å². The lowest BCUT2D eigenvalue weighted by Crippen LogP contribution is -2.32. The molecule has 1 aliphatic heterocycles. The van der Waals surface area contributed by atoms with Crippen molar-refractivity contribution < 1.29 is 18.0 Å². The monoisotopic (exact) mass is 601 g/mol. The van der Waals surface area contributed by atoms with Crippen LogP contribution in [0.1, 0.15) is 51.4 Å². The van der Waals surface area contributed by atoms with Gasteiger partial charge in [0.15, 0.2) is 0 Å². The summed E-state index contributed by atoms with van der Waals surface area (Å²) < 4.78 is 40.7. The van der Waals surface area contributed by atoms with E-state index in [0.717, 1.165) is 23.3 Å². The molecule has 2 aromatic carbocycles. The van der Waals surface area contributed by atoms with Crippen LogP contribution in [0.2, 0.25) is 5.15 Å². The van der Waals surface area contributed by atoms with Gasteiger partial charge in [0.25, 0.3) is 5.91 Å². The summed E-state index contributed by atoms with van der Waals surface area (Å²) >= 11 is 11.7. The average Bonchev–Trinajstić information content (AvgIpc) is 2.96. The molecule has 3 N–H and O–H groups in total. The molecule has 41 heavy (non-hydrogen) atoms. The number of piperidine rings is 1. The van der Waals surface area contributed by atoms with Gasteiger partial charge in [-0.25, -0.2) is 4.98 Å². The molecule has 1 aromatic heterocycles. The number of halogens is 5. The minimum absolute atomic E-state index is 0.149. The molecule has 1 saturated heterocycles. The van der Waals surface area contributed by atoms with Crippen LogP contribution in [0.3, 0.4) is 0 Å². The number of alkyl halides is 3. The lowest BCUT2D eigenvalue weighted by atomic mass is 9.87. The molecule has 0 unspecified atom stereocenters. The van der Waals surface area contributed by atoms with Crippen LogP contribution in [-0.2, 0) is 12.7 Å². The Balaban J connectivity index is 1.43. The van der Waals surface area contributed by atoms with E-state index < -0.39 is 17.6 Å². The van der Waals surface area contributed by atoms with E-state index in [-0.39, 0.29) is 16.6 Å². The van der Waals surface area contributed by atoms with Crippen molar-refractivity contribution in [3.8, 4) is 0 Å². The van der Waals surface area contributed by atoms with Crippen molar-refractivity contribution in [1.29, 1.82) is 0 Å². The van der Waals surface area contributed by atoms with Gasteiger partial charge in [-0.1, -0.05) is 54.0 Å². The van der Waals surface area contributed by atoms with Crippen molar-refractivity contribution in [2.24, 2.45) is 10.7 Å². The number of amides is 1. The predicted octanol–water partition coefficient (Wildman–Crippen LogP) is 7.47. The number of likely N-dealkylation sites (tertiary alicyclic amines) is 1. The van der Waals surface area contributed by atoms with Crippen molar-refractivity contribution in [2.75, 3.05) is 18.4 Å². The van der Waals surface area contributed by atoms with Crippen molar-refractivity contribution >= 4 is 46.7 Å². The van der Waals surface area contributed by atoms with Crippen molar-refractivity contribution in [3.63, 3.8) is 0 Å². The highest BCUT2D eigenvalue weighted by molar-refractivity contribution is 6.39. The Morgan fingerprint density at radius 1 is 1.12 bits per heavy atom. The maximum absolute atomic E-state index is 13.6. The fraction of sp³-hybridized carbons (Fsp3) is 0.233. The molecule has 6 nitrogen and oxygen atoms in total. The normalized spacial score (nSPS) is 15.3. The van der Waals surface area contributed by atoms with Gasteiger partial charge in [-0.2, -0.15) is 13.2 Å². The molecule has 0 radical (unpaired) electrons. The Labute approximate surface area is 246 Å². The number of aromatic nitrogens is 1. The van der Waals surface area contributed by atoms with E-state index in [1.807, 2.05) is 24.3 Å². The van der Waals surface area contributed by atoms with E-state index in [1.54, 1.807) is 0 Å². The van der Waals surface area contributed by atoms with Crippen LogP contribution in [0.15, 0.2) is 83.6 Å². The summed E-state index contributed by atoms with van der Waals surface area (Å²) in [6.45, 7) is 6.02. The summed E-state index contributed by atoms with van der Waals surface area (Å²) in [5, 5.41) is 3.23. The van der Waals surface area contributed by atoms with Gasteiger partial charge in [0.1, 0.15) is 5.15 Å². The molecule has 214 valence electrons. The van der Waals surface area contributed by atoms with Crippen molar-refractivity contribution in [1.82, 2.24) is 9.88 Å². The van der Waals surface area contributed by atoms with Crippen LogP contribution in [0, 0.1) is 0 Å². The molecular formula is C30H28Cl2F3N5O. The van der Waals surface area contributed by atoms with Gasteiger partial charge >= 0.3 is 6.18 Å². The highest BCUT2D eigenvalue weighted by Crippen LogP contribution is 2.38. The number of aliphatic imine (C=N–C) groups is 1. The highest BCUT2D eigenvalue weighted by atomic mass is 35.5. The van der Waals surface area contributed by atoms with Crippen LogP contribution >= 0.6 is 23.2 Å². The molecule has 0 bridgehead atoms. The molecule has 1 amide bonds. The number of nitrogens with two attached hydrogens (primary N) is 1. The Kier molecular flexibility index (Phi) is 9.86. The Bertz CT molecular complexity index is 1460. The molecule has 0 spiro atoms. The van der Waals surface area contributed by atoms with E-state index in [9.17, 15) is 18.0 Å². The number of carbonyl (C=O) groups is 1. The van der Waals surface area contributed by atoms with Gasteiger partial charge in [0.2, 0.25) is 0 Å². The first-order valence-electron chi connectivity index (χ1n) is 12.8. The number of carbonyl (C=O) groups excluding carboxylic acids is 1. The predicted molar refractivity (Wildman–Crippen MR) is 158 cm³/mol. The minimum Gasteiger partial charge on any atom is -0.403 e. The maximum Gasteiger partial charge on any atom is 0.416 e. The molecule has 3 aromatic rings. The molecule has 2 heterocycles. The van der Waals surface area contributed by atoms with Gasteiger partial charge in [0.05, 0.1) is 16.3 Å². The molecular weight excluding hydrogens is 574 g/mol. The Hall–Kier alpha value is -3.66. The van der Waals surface area contributed by atoms with Crippen LogP contribution in [-0.4, -0.2) is 35.1 Å². The van der Waals surface area contributed by atoms with E-state index in [1.165, 1.54) is 36.8 Å². The van der Waals surface area contributed by atoms with Crippen LogP contribution in [0.5, 0.6) is 0 Å². The highest BCUT2D eigenvalue weighted by Gasteiger charge is 2.33. The minimum atomic E-state index is -4.49. The number of anilines is 1. The number of allylic oxidation sites excluding steroid dienone is 1. The largest absolute Gasteiger partial charge is 0.416 e. The molecule has 1 aliphatic rings. The first-order chi connectivity index (χ1) is 19.5. The van der Waals surface area contributed by atoms with E-state index in [4.69, 9.17) is 28.9 Å². The third-order valence-electron chi connectivity index (χ3n) is 6.84. The Morgan fingerprint density at radius 2 is 1.83 bits per heavy atom. The number of nitrogens with one attached hydrogen (secondary N) is 1. The topological polar surface area (TPSA) is 83.6 Å². The zero-order chi connectivity index (χ0) is 29.6. The van der Waals surface area contributed by atoms with E-state index >= 15 is 0 Å². The van der Waals surface area contributed by atoms with Crippen molar-refractivity contribution in [2.45, 2.75) is 31.5 Å². The molecule has 4 rings (SSSR count). The SMILES string of the molecule is C=C(N=C/C(Cl)=C\N)c1ccc(CN2CCC(c3cc(C(F)(F)F)ccc3NC(=O)c3ccnc(Cl)c3)CC2)cc1. The van der Waals surface area contributed by atoms with E-state index in [0.29, 0.717) is 54.5 Å². The third kappa shape index (κ3) is 8.19. The zero-order valence-electron chi connectivity index (χ0n) is 22.0. The second-order valence-corrected chi connectivity index (χ2v) is 10.4. The third-order valence-corrected chi connectivity index (χ3v) is 7.27. The average molecular weight is 602 g/mol. The van der Waals surface area contributed by atoms with Crippen molar-refractivity contribution in [3.05, 3.63) is 112 Å². The second-order valence-electron chi connectivity index (χ2n) is 9.62. The van der Waals surface area contributed by atoms with Crippen LogP contribution < -0.4 is 11.1 Å². The fourth-order valence-electron chi connectivity index (χ4n) is 4.65. The summed E-state index contributed by atoms with van der Waals surface area (Å²) in [6, 6.07) is 14.2. The first-order valence-corrected chi connectivity index (χ1v) is 13.5. The van der Waals surface area contributed by atoms with Gasteiger partial charge < -0.3 is 11.1 Å². The molecule has 1 fully saturated rings. The number of hydrogen-bond acceptors (Lipinski definition) is 5. The number of pyridine rings is 1. The standard InChI is InChI=1S/C30H28Cl2F3N5O/c1-19(38-17-25(31)16-36)21-4-2-20(3-5-21)18-40-12-9-22(10-13-40)26-15-24(30(33,34)35)6-7-27(26)39-29(41)23-8-11-37-28(32)14-23/h2-8,11,14-17,22H,1,9-10,12-13,18,36H2,(H,39,41)/b25-16+,38-17?. The molecule has 0 atom stereocenters. The van der Waals surface area contributed by atoms with E-state index in [2.05, 4.69) is 26.8 Å². The van der Waals surface area contributed by atoms with Gasteiger partial charge in [0, 0.05) is 36.4 Å². The smallest absolute Gasteiger partial charge is 0.403 e. The number of hydrogen-bond donors (Lipinski definition) is 2. The fourth-order valence-corrected chi connectivity index (χ4v) is 4.87. The van der Waals surface area contributed by atoms with Crippen LogP contribution in [0.25, 0.3) is 5.70 Å². The van der Waals surface area contributed by atoms with Gasteiger partial charge in [-0.15, -0.1) is 0 Å². The first kappa shape index (κ1) is 30.3. The summed E-state index contributed by atoms with van der Waals surface area (Å²) in [6.07, 6.45) is 0.863. The molecule has 0 aliphatic carbocycles. The number of benzene rings is 2. The quantitative estimate of drug-likeness (QED) is 0.207. The second kappa shape index (κ2) is 13.3.